The molecular weight excluding hydrogens is 266 g/mol. The predicted octanol–water partition coefficient (Wildman–Crippen LogP) is 4.41. The lowest BCUT2D eigenvalue weighted by atomic mass is 10.2. The summed E-state index contributed by atoms with van der Waals surface area (Å²) in [5.74, 6) is 0.713. The highest BCUT2D eigenvalue weighted by molar-refractivity contribution is 8.00. The summed E-state index contributed by atoms with van der Waals surface area (Å²) in [5.41, 5.74) is 4.34. The van der Waals surface area contributed by atoms with E-state index in [1.807, 2.05) is 25.1 Å². The number of carbonyl (C=O) groups is 1. The lowest BCUT2D eigenvalue weighted by Gasteiger charge is -2.06. The van der Waals surface area contributed by atoms with Crippen LogP contribution in [0.4, 0.5) is 0 Å². The first-order valence-electron chi connectivity index (χ1n) is 6.93. The smallest absolute Gasteiger partial charge is 0.174 e. The number of thioether (sulfide) groups is 1. The second kappa shape index (κ2) is 6.31. The lowest BCUT2D eigenvalue weighted by Crippen LogP contribution is -2.05. The number of benzene rings is 1. The van der Waals surface area contributed by atoms with E-state index in [0.29, 0.717) is 5.75 Å². The van der Waals surface area contributed by atoms with E-state index in [2.05, 4.69) is 37.5 Å². The van der Waals surface area contributed by atoms with Crippen molar-refractivity contribution in [3.8, 4) is 0 Å². The summed E-state index contributed by atoms with van der Waals surface area (Å²) in [4.78, 5) is 13.6. The maximum Gasteiger partial charge on any atom is 0.174 e. The standard InChI is InChI=1S/C17H21NOS/c1-5-18-13(3)10-15(14(18)4)16(19)11-20-17-9-7-6-8-12(17)2/h6-10H,5,11H2,1-4H3. The Hall–Kier alpha value is -1.48. The maximum atomic E-state index is 12.4. The van der Waals surface area contributed by atoms with Gasteiger partial charge in [0.15, 0.2) is 5.78 Å². The van der Waals surface area contributed by atoms with E-state index in [1.165, 1.54) is 10.5 Å². The van der Waals surface area contributed by atoms with Crippen molar-refractivity contribution in [3.05, 3.63) is 52.8 Å². The zero-order chi connectivity index (χ0) is 14.7. The average Bonchev–Trinajstić information content (AvgIpc) is 2.72. The van der Waals surface area contributed by atoms with Crippen LogP contribution >= 0.6 is 11.8 Å². The summed E-state index contributed by atoms with van der Waals surface area (Å²) in [5, 5.41) is 0. The molecule has 2 rings (SSSR count). The van der Waals surface area contributed by atoms with Gasteiger partial charge in [0.2, 0.25) is 0 Å². The molecule has 1 heterocycles. The molecule has 0 unspecified atom stereocenters. The first-order chi connectivity index (χ1) is 9.54. The monoisotopic (exact) mass is 287 g/mol. The fourth-order valence-corrected chi connectivity index (χ4v) is 3.42. The van der Waals surface area contributed by atoms with Gasteiger partial charge < -0.3 is 4.57 Å². The molecule has 106 valence electrons. The maximum absolute atomic E-state index is 12.4. The second-order valence-corrected chi connectivity index (χ2v) is 6.02. The number of aryl methyl sites for hydroxylation is 2. The highest BCUT2D eigenvalue weighted by Crippen LogP contribution is 2.24. The zero-order valence-corrected chi connectivity index (χ0v) is 13.4. The van der Waals surface area contributed by atoms with Crippen LogP contribution in [0.3, 0.4) is 0 Å². The predicted molar refractivity (Wildman–Crippen MR) is 85.8 cm³/mol. The fourth-order valence-electron chi connectivity index (χ4n) is 2.51. The SMILES string of the molecule is CCn1c(C)cc(C(=O)CSc2ccccc2C)c1C. The molecule has 0 bridgehead atoms. The number of aromatic nitrogens is 1. The van der Waals surface area contributed by atoms with Crippen LogP contribution in [0.15, 0.2) is 35.2 Å². The molecule has 0 aliphatic heterocycles. The number of hydrogen-bond acceptors (Lipinski definition) is 2. The van der Waals surface area contributed by atoms with Gasteiger partial charge in [-0.1, -0.05) is 18.2 Å². The molecule has 0 N–H and O–H groups in total. The van der Waals surface area contributed by atoms with E-state index in [0.717, 1.165) is 23.5 Å². The largest absolute Gasteiger partial charge is 0.349 e. The first kappa shape index (κ1) is 14.9. The molecule has 0 saturated heterocycles. The van der Waals surface area contributed by atoms with Gasteiger partial charge in [0, 0.05) is 28.4 Å². The van der Waals surface area contributed by atoms with Crippen molar-refractivity contribution in [2.75, 3.05) is 5.75 Å². The van der Waals surface area contributed by atoms with Crippen molar-refractivity contribution in [1.29, 1.82) is 0 Å². The quantitative estimate of drug-likeness (QED) is 0.600. The number of hydrogen-bond donors (Lipinski definition) is 0. The average molecular weight is 287 g/mol. The number of nitrogens with zero attached hydrogens (tertiary/aromatic N) is 1. The minimum atomic E-state index is 0.214. The molecule has 0 aliphatic rings. The molecule has 0 saturated carbocycles. The van der Waals surface area contributed by atoms with Crippen LogP contribution in [0.5, 0.6) is 0 Å². The van der Waals surface area contributed by atoms with Gasteiger partial charge >= 0.3 is 0 Å². The molecule has 2 aromatic rings. The van der Waals surface area contributed by atoms with Gasteiger partial charge in [0.05, 0.1) is 5.75 Å². The van der Waals surface area contributed by atoms with Crippen LogP contribution in [0.1, 0.15) is 34.2 Å². The normalized spacial score (nSPS) is 10.8. The summed E-state index contributed by atoms with van der Waals surface area (Å²) >= 11 is 1.62. The number of carbonyl (C=O) groups excluding carboxylic acids is 1. The minimum absolute atomic E-state index is 0.214. The van der Waals surface area contributed by atoms with Gasteiger partial charge in [-0.3, -0.25) is 4.79 Å². The van der Waals surface area contributed by atoms with E-state index in [9.17, 15) is 4.79 Å². The van der Waals surface area contributed by atoms with E-state index in [1.54, 1.807) is 11.8 Å². The topological polar surface area (TPSA) is 22.0 Å². The molecule has 0 amide bonds. The van der Waals surface area contributed by atoms with Gasteiger partial charge in [0.1, 0.15) is 0 Å². The van der Waals surface area contributed by atoms with E-state index in [4.69, 9.17) is 0 Å². The Bertz CT molecular complexity index is 628. The first-order valence-corrected chi connectivity index (χ1v) is 7.91. The Morgan fingerprint density at radius 1 is 1.20 bits per heavy atom. The Balaban J connectivity index is 2.12. The van der Waals surface area contributed by atoms with Gasteiger partial charge in [-0.15, -0.1) is 11.8 Å². The molecule has 0 fully saturated rings. The van der Waals surface area contributed by atoms with Crippen molar-refractivity contribution >= 4 is 17.5 Å². The van der Waals surface area contributed by atoms with Gasteiger partial charge in [-0.25, -0.2) is 0 Å². The number of ketones is 1. The Labute approximate surface area is 125 Å². The highest BCUT2D eigenvalue weighted by Gasteiger charge is 2.15. The highest BCUT2D eigenvalue weighted by atomic mass is 32.2. The Morgan fingerprint density at radius 3 is 2.50 bits per heavy atom. The lowest BCUT2D eigenvalue weighted by molar-refractivity contribution is 0.102. The summed E-state index contributed by atoms with van der Waals surface area (Å²) < 4.78 is 2.19. The number of Topliss-reactive ketones (excluding diaryl/α,β-unsaturated/α-hetero) is 1. The van der Waals surface area contributed by atoms with Crippen LogP contribution in [0.2, 0.25) is 0 Å². The van der Waals surface area contributed by atoms with Crippen molar-refractivity contribution in [1.82, 2.24) is 4.57 Å². The van der Waals surface area contributed by atoms with Crippen molar-refractivity contribution in [3.63, 3.8) is 0 Å². The third kappa shape index (κ3) is 2.98. The molecular formula is C17H21NOS. The zero-order valence-electron chi connectivity index (χ0n) is 12.6. The third-order valence-corrected chi connectivity index (χ3v) is 4.82. The van der Waals surface area contributed by atoms with E-state index in [-0.39, 0.29) is 5.78 Å². The van der Waals surface area contributed by atoms with E-state index < -0.39 is 0 Å². The van der Waals surface area contributed by atoms with Crippen molar-refractivity contribution in [2.45, 2.75) is 39.1 Å². The molecule has 20 heavy (non-hydrogen) atoms. The molecule has 0 atom stereocenters. The van der Waals surface area contributed by atoms with E-state index >= 15 is 0 Å². The Kier molecular flexibility index (Phi) is 4.71. The summed E-state index contributed by atoms with van der Waals surface area (Å²) in [6, 6.07) is 10.2. The van der Waals surface area contributed by atoms with Gasteiger partial charge in [-0.05, 0) is 45.4 Å². The van der Waals surface area contributed by atoms with Crippen LogP contribution in [-0.2, 0) is 6.54 Å². The van der Waals surface area contributed by atoms with Gasteiger partial charge in [-0.2, -0.15) is 0 Å². The van der Waals surface area contributed by atoms with Crippen LogP contribution in [0.25, 0.3) is 0 Å². The molecule has 0 spiro atoms. The fraction of sp³-hybridized carbons (Fsp3) is 0.353. The summed E-state index contributed by atoms with van der Waals surface area (Å²) in [6.07, 6.45) is 0. The number of rotatable bonds is 5. The molecule has 2 nitrogen and oxygen atoms in total. The van der Waals surface area contributed by atoms with Crippen molar-refractivity contribution < 1.29 is 4.79 Å². The van der Waals surface area contributed by atoms with Crippen LogP contribution in [0, 0.1) is 20.8 Å². The van der Waals surface area contributed by atoms with Crippen molar-refractivity contribution in [2.24, 2.45) is 0 Å². The second-order valence-electron chi connectivity index (χ2n) is 5.01. The molecule has 0 radical (unpaired) electrons. The molecule has 3 heteroatoms. The molecule has 1 aromatic carbocycles. The van der Waals surface area contributed by atoms with Crippen LogP contribution in [-0.4, -0.2) is 16.1 Å². The summed E-state index contributed by atoms with van der Waals surface area (Å²) in [6.45, 7) is 9.19. The molecule has 0 aliphatic carbocycles. The van der Waals surface area contributed by atoms with Gasteiger partial charge in [0.25, 0.3) is 0 Å². The minimum Gasteiger partial charge on any atom is -0.349 e. The Morgan fingerprint density at radius 2 is 1.90 bits per heavy atom. The van der Waals surface area contributed by atoms with Crippen LogP contribution < -0.4 is 0 Å². The summed E-state index contributed by atoms with van der Waals surface area (Å²) in [7, 11) is 0. The third-order valence-electron chi connectivity index (χ3n) is 3.64. The molecule has 1 aromatic heterocycles.